The van der Waals surface area contributed by atoms with E-state index in [1.807, 2.05) is 6.26 Å². The Morgan fingerprint density at radius 2 is 1.85 bits per heavy atom. The molecule has 1 aliphatic heterocycles. The van der Waals surface area contributed by atoms with E-state index in [-0.39, 0.29) is 11.2 Å². The second kappa shape index (κ2) is 5.88. The van der Waals surface area contributed by atoms with Crippen molar-refractivity contribution >= 4 is 0 Å². The van der Waals surface area contributed by atoms with Gasteiger partial charge >= 0.3 is 0 Å². The predicted octanol–water partition coefficient (Wildman–Crippen LogP) is 2.78. The number of furan rings is 1. The smallest absolute Gasteiger partial charge is 0.118 e. The lowest BCUT2D eigenvalue weighted by Crippen LogP contribution is -2.56. The summed E-state index contributed by atoms with van der Waals surface area (Å²) in [4.78, 5) is 2.42. The van der Waals surface area contributed by atoms with E-state index in [0.29, 0.717) is 0 Å². The Morgan fingerprint density at radius 1 is 1.20 bits per heavy atom. The first-order valence-electron chi connectivity index (χ1n) is 7.49. The van der Waals surface area contributed by atoms with Gasteiger partial charge in [-0.2, -0.15) is 0 Å². The maximum absolute atomic E-state index is 6.11. The van der Waals surface area contributed by atoms with Crippen molar-refractivity contribution in [3.8, 4) is 0 Å². The van der Waals surface area contributed by atoms with E-state index < -0.39 is 0 Å². The number of hydrogen-bond acceptors (Lipinski definition) is 4. The van der Waals surface area contributed by atoms with E-state index in [0.717, 1.165) is 38.5 Å². The number of ether oxygens (including phenoxy) is 1. The second-order valence-corrected chi connectivity index (χ2v) is 6.97. The van der Waals surface area contributed by atoms with Crippen molar-refractivity contribution in [3.63, 3.8) is 0 Å². The lowest BCUT2D eigenvalue weighted by Gasteiger charge is -2.47. The summed E-state index contributed by atoms with van der Waals surface area (Å²) in [6, 6.07) is 2.15. The third-order valence-electron chi connectivity index (χ3n) is 3.43. The molecule has 1 aliphatic rings. The van der Waals surface area contributed by atoms with E-state index in [1.165, 1.54) is 5.56 Å². The standard InChI is InChI=1S/C16H28N2O2/c1-6-17-8-13-7-14(19-10-13)9-18-11-15(2,3)20-16(4,5)12-18/h7,10,17H,6,8-9,11-12H2,1-5H3. The molecule has 1 saturated heterocycles. The zero-order valence-electron chi connectivity index (χ0n) is 13.5. The highest BCUT2D eigenvalue weighted by molar-refractivity contribution is 5.13. The van der Waals surface area contributed by atoms with Gasteiger partial charge in [0.1, 0.15) is 5.76 Å². The van der Waals surface area contributed by atoms with E-state index in [4.69, 9.17) is 9.15 Å². The van der Waals surface area contributed by atoms with Crippen LogP contribution in [0.2, 0.25) is 0 Å². The van der Waals surface area contributed by atoms with Crippen molar-refractivity contribution < 1.29 is 9.15 Å². The Kier molecular flexibility index (Phi) is 4.57. The summed E-state index contributed by atoms with van der Waals surface area (Å²) in [6.45, 7) is 15.3. The van der Waals surface area contributed by atoms with Gasteiger partial charge in [0, 0.05) is 25.2 Å². The van der Waals surface area contributed by atoms with Gasteiger partial charge in [0.2, 0.25) is 0 Å². The molecular formula is C16H28N2O2. The maximum atomic E-state index is 6.11. The number of nitrogens with zero attached hydrogens (tertiary/aromatic N) is 1. The highest BCUT2D eigenvalue weighted by Crippen LogP contribution is 2.29. The first-order valence-corrected chi connectivity index (χ1v) is 7.49. The third-order valence-corrected chi connectivity index (χ3v) is 3.43. The number of rotatable bonds is 5. The van der Waals surface area contributed by atoms with Gasteiger partial charge in [-0.15, -0.1) is 0 Å². The minimum atomic E-state index is -0.110. The minimum Gasteiger partial charge on any atom is -0.468 e. The van der Waals surface area contributed by atoms with Gasteiger partial charge in [-0.05, 0) is 40.3 Å². The van der Waals surface area contributed by atoms with Crippen molar-refractivity contribution in [2.24, 2.45) is 0 Å². The molecule has 4 nitrogen and oxygen atoms in total. The molecule has 0 aromatic carbocycles. The van der Waals surface area contributed by atoms with Crippen LogP contribution in [0.4, 0.5) is 0 Å². The van der Waals surface area contributed by atoms with Crippen LogP contribution < -0.4 is 5.32 Å². The van der Waals surface area contributed by atoms with Gasteiger partial charge in [0.15, 0.2) is 0 Å². The number of hydrogen-bond donors (Lipinski definition) is 1. The molecule has 0 aliphatic carbocycles. The summed E-state index contributed by atoms with van der Waals surface area (Å²) in [6.07, 6.45) is 1.86. The van der Waals surface area contributed by atoms with Gasteiger partial charge in [-0.1, -0.05) is 6.92 Å². The summed E-state index contributed by atoms with van der Waals surface area (Å²) >= 11 is 0. The Balaban J connectivity index is 1.97. The number of nitrogens with one attached hydrogen (secondary N) is 1. The van der Waals surface area contributed by atoms with Crippen LogP contribution in [-0.2, 0) is 17.8 Å². The molecule has 1 aromatic rings. The summed E-state index contributed by atoms with van der Waals surface area (Å²) < 4.78 is 11.8. The molecule has 0 amide bonds. The van der Waals surface area contributed by atoms with Crippen LogP contribution in [0.5, 0.6) is 0 Å². The Hall–Kier alpha value is -0.840. The molecule has 0 radical (unpaired) electrons. The van der Waals surface area contributed by atoms with E-state index >= 15 is 0 Å². The highest BCUT2D eigenvalue weighted by Gasteiger charge is 2.38. The van der Waals surface area contributed by atoms with Crippen molar-refractivity contribution in [2.75, 3.05) is 19.6 Å². The molecule has 0 spiro atoms. The van der Waals surface area contributed by atoms with Crippen LogP contribution in [0.15, 0.2) is 16.7 Å². The predicted molar refractivity (Wildman–Crippen MR) is 80.6 cm³/mol. The molecule has 1 aromatic heterocycles. The quantitative estimate of drug-likeness (QED) is 0.900. The van der Waals surface area contributed by atoms with Crippen molar-refractivity contribution in [3.05, 3.63) is 23.7 Å². The molecular weight excluding hydrogens is 252 g/mol. The molecule has 1 fully saturated rings. The van der Waals surface area contributed by atoms with Crippen LogP contribution in [0, 0.1) is 0 Å². The van der Waals surface area contributed by atoms with Gasteiger partial charge in [0.05, 0.1) is 24.0 Å². The Morgan fingerprint density at radius 3 is 2.45 bits per heavy atom. The first-order chi connectivity index (χ1) is 9.30. The average molecular weight is 280 g/mol. The minimum absolute atomic E-state index is 0.110. The molecule has 114 valence electrons. The molecule has 2 heterocycles. The van der Waals surface area contributed by atoms with Crippen LogP contribution in [0.1, 0.15) is 45.9 Å². The molecule has 0 atom stereocenters. The van der Waals surface area contributed by atoms with E-state index in [1.54, 1.807) is 0 Å². The second-order valence-electron chi connectivity index (χ2n) is 6.97. The zero-order valence-corrected chi connectivity index (χ0v) is 13.5. The van der Waals surface area contributed by atoms with E-state index in [9.17, 15) is 0 Å². The zero-order chi connectivity index (χ0) is 14.8. The molecule has 0 saturated carbocycles. The van der Waals surface area contributed by atoms with Crippen molar-refractivity contribution in [2.45, 2.75) is 58.9 Å². The summed E-state index contributed by atoms with van der Waals surface area (Å²) in [5.74, 6) is 1.03. The lowest BCUT2D eigenvalue weighted by molar-refractivity contribution is -0.182. The van der Waals surface area contributed by atoms with Crippen molar-refractivity contribution in [1.29, 1.82) is 0 Å². The largest absolute Gasteiger partial charge is 0.468 e. The summed E-state index contributed by atoms with van der Waals surface area (Å²) in [7, 11) is 0. The fourth-order valence-corrected chi connectivity index (χ4v) is 3.15. The summed E-state index contributed by atoms with van der Waals surface area (Å²) in [5.41, 5.74) is 0.996. The Labute approximate surface area is 122 Å². The normalized spacial score (nSPS) is 22.1. The van der Waals surface area contributed by atoms with Crippen LogP contribution in [0.25, 0.3) is 0 Å². The van der Waals surface area contributed by atoms with Crippen LogP contribution in [0.3, 0.4) is 0 Å². The Bertz CT molecular complexity index is 421. The first kappa shape index (κ1) is 15.5. The maximum Gasteiger partial charge on any atom is 0.118 e. The molecule has 1 N–H and O–H groups in total. The van der Waals surface area contributed by atoms with Gasteiger partial charge in [-0.25, -0.2) is 0 Å². The van der Waals surface area contributed by atoms with Crippen LogP contribution in [-0.4, -0.2) is 35.7 Å². The lowest BCUT2D eigenvalue weighted by atomic mass is 9.99. The average Bonchev–Trinajstić information content (AvgIpc) is 2.69. The molecule has 0 bridgehead atoms. The molecule has 4 heteroatoms. The molecule has 0 unspecified atom stereocenters. The monoisotopic (exact) mass is 280 g/mol. The highest BCUT2D eigenvalue weighted by atomic mass is 16.5. The summed E-state index contributed by atoms with van der Waals surface area (Å²) in [5, 5.41) is 3.31. The van der Waals surface area contributed by atoms with Crippen LogP contribution >= 0.6 is 0 Å². The topological polar surface area (TPSA) is 37.6 Å². The fraction of sp³-hybridized carbons (Fsp3) is 0.750. The van der Waals surface area contributed by atoms with Gasteiger partial charge < -0.3 is 14.5 Å². The fourth-order valence-electron chi connectivity index (χ4n) is 3.15. The number of morpholine rings is 1. The van der Waals surface area contributed by atoms with E-state index in [2.05, 4.69) is 50.9 Å². The molecule has 20 heavy (non-hydrogen) atoms. The molecule has 2 rings (SSSR count). The van der Waals surface area contributed by atoms with Crippen molar-refractivity contribution in [1.82, 2.24) is 10.2 Å². The SMILES string of the molecule is CCNCc1coc(CN2CC(C)(C)OC(C)(C)C2)c1. The van der Waals surface area contributed by atoms with Gasteiger partial charge in [-0.3, -0.25) is 4.90 Å². The third kappa shape index (κ3) is 4.33. The van der Waals surface area contributed by atoms with Gasteiger partial charge in [0.25, 0.3) is 0 Å².